The molecule has 0 atom stereocenters. The molecular formula is C23H20ClF3N6O. The molecule has 1 saturated heterocycles. The highest BCUT2D eigenvalue weighted by Gasteiger charge is 2.31. The summed E-state index contributed by atoms with van der Waals surface area (Å²) < 4.78 is 41.2. The molecule has 5 rings (SSSR count). The number of halogens is 4. The van der Waals surface area contributed by atoms with Gasteiger partial charge in [-0.25, -0.2) is 4.98 Å². The predicted molar refractivity (Wildman–Crippen MR) is 123 cm³/mol. The first-order valence-electron chi connectivity index (χ1n) is 10.9. The Balaban J connectivity index is 1.51. The average molecular weight is 489 g/mol. The molecule has 3 heterocycles. The quantitative estimate of drug-likeness (QED) is 0.385. The monoisotopic (exact) mass is 488 g/mol. The number of fused-ring (bicyclic) bond motifs is 3. The molecule has 176 valence electrons. The number of nitrogens with zero attached hydrogens (tertiary/aromatic N) is 5. The van der Waals surface area contributed by atoms with Gasteiger partial charge in [-0.3, -0.25) is 4.79 Å². The van der Waals surface area contributed by atoms with Crippen molar-refractivity contribution in [3.8, 4) is 11.3 Å². The maximum Gasteiger partial charge on any atom is 0.416 e. The van der Waals surface area contributed by atoms with Crippen LogP contribution in [0.25, 0.3) is 27.8 Å². The Morgan fingerprint density at radius 1 is 1.15 bits per heavy atom. The highest BCUT2D eigenvalue weighted by molar-refractivity contribution is 6.31. The summed E-state index contributed by atoms with van der Waals surface area (Å²) in [5.74, 6) is 0.695. The zero-order valence-corrected chi connectivity index (χ0v) is 18.7. The van der Waals surface area contributed by atoms with Crippen LogP contribution in [0.5, 0.6) is 0 Å². The lowest BCUT2D eigenvalue weighted by Crippen LogP contribution is -2.27. The van der Waals surface area contributed by atoms with E-state index in [0.717, 1.165) is 31.5 Å². The van der Waals surface area contributed by atoms with E-state index in [1.807, 2.05) is 4.90 Å². The van der Waals surface area contributed by atoms with Crippen LogP contribution in [0.3, 0.4) is 0 Å². The number of alkyl halides is 3. The van der Waals surface area contributed by atoms with Gasteiger partial charge in [0.25, 0.3) is 0 Å². The van der Waals surface area contributed by atoms with Gasteiger partial charge in [0.1, 0.15) is 11.5 Å². The summed E-state index contributed by atoms with van der Waals surface area (Å²) in [6, 6.07) is 10.2. The molecule has 0 aliphatic carbocycles. The van der Waals surface area contributed by atoms with Crippen LogP contribution in [0.15, 0.2) is 42.5 Å². The minimum Gasteiger partial charge on any atom is -0.369 e. The van der Waals surface area contributed by atoms with Gasteiger partial charge in [-0.15, -0.1) is 5.10 Å². The van der Waals surface area contributed by atoms with Crippen LogP contribution in [-0.4, -0.2) is 50.3 Å². The van der Waals surface area contributed by atoms with E-state index >= 15 is 0 Å². The van der Waals surface area contributed by atoms with E-state index < -0.39 is 11.7 Å². The molecule has 1 amide bonds. The Morgan fingerprint density at radius 2 is 2.00 bits per heavy atom. The summed E-state index contributed by atoms with van der Waals surface area (Å²) in [7, 11) is 0. The molecule has 0 unspecified atom stereocenters. The Hall–Kier alpha value is -3.40. The number of likely N-dealkylation sites (tertiary alicyclic amines) is 1. The van der Waals surface area contributed by atoms with Crippen LogP contribution in [0.1, 0.15) is 24.8 Å². The summed E-state index contributed by atoms with van der Waals surface area (Å²) in [4.78, 5) is 18.3. The minimum absolute atomic E-state index is 0.174. The number of rotatable bonds is 6. The van der Waals surface area contributed by atoms with Gasteiger partial charge in [-0.1, -0.05) is 28.9 Å². The van der Waals surface area contributed by atoms with Crippen molar-refractivity contribution >= 4 is 39.9 Å². The summed E-state index contributed by atoms with van der Waals surface area (Å²) >= 11 is 6.21. The maximum atomic E-state index is 13.2. The minimum atomic E-state index is -4.47. The number of amides is 1. The SMILES string of the molecule is O=C1CCCN1CCCNc1nc2c(-c3cccc(C(F)(F)F)c3)nnn2c2ccc(Cl)cc12. The van der Waals surface area contributed by atoms with Gasteiger partial charge in [0.15, 0.2) is 5.65 Å². The fourth-order valence-electron chi connectivity index (χ4n) is 4.17. The van der Waals surface area contributed by atoms with Crippen molar-refractivity contribution in [2.75, 3.05) is 25.0 Å². The lowest BCUT2D eigenvalue weighted by atomic mass is 10.1. The Bertz CT molecular complexity index is 1390. The van der Waals surface area contributed by atoms with E-state index in [1.54, 1.807) is 24.3 Å². The van der Waals surface area contributed by atoms with Crippen LogP contribution in [0, 0.1) is 0 Å². The summed E-state index contributed by atoms with van der Waals surface area (Å²) in [6.07, 6.45) is -2.26. The molecule has 2 aromatic carbocycles. The highest BCUT2D eigenvalue weighted by atomic mass is 35.5. The van der Waals surface area contributed by atoms with Crippen LogP contribution in [0.2, 0.25) is 5.02 Å². The smallest absolute Gasteiger partial charge is 0.369 e. The van der Waals surface area contributed by atoms with Crippen LogP contribution >= 0.6 is 11.6 Å². The largest absolute Gasteiger partial charge is 0.416 e. The Kier molecular flexibility index (Phi) is 5.76. The van der Waals surface area contributed by atoms with Crippen molar-refractivity contribution in [1.82, 2.24) is 24.7 Å². The number of nitrogens with one attached hydrogen (secondary N) is 1. The van der Waals surface area contributed by atoms with Crippen LogP contribution in [0.4, 0.5) is 19.0 Å². The van der Waals surface area contributed by atoms with Crippen molar-refractivity contribution in [3.63, 3.8) is 0 Å². The molecule has 0 radical (unpaired) electrons. The zero-order valence-electron chi connectivity index (χ0n) is 17.9. The van der Waals surface area contributed by atoms with E-state index in [0.29, 0.717) is 46.9 Å². The lowest BCUT2D eigenvalue weighted by Gasteiger charge is -2.16. The van der Waals surface area contributed by atoms with Gasteiger partial charge < -0.3 is 10.2 Å². The lowest BCUT2D eigenvalue weighted by molar-refractivity contribution is -0.137. The molecule has 0 saturated carbocycles. The van der Waals surface area contributed by atoms with Crippen molar-refractivity contribution in [3.05, 3.63) is 53.1 Å². The molecule has 0 bridgehead atoms. The number of hydrogen-bond donors (Lipinski definition) is 1. The second kappa shape index (κ2) is 8.75. The fraction of sp³-hybridized carbons (Fsp3) is 0.304. The van der Waals surface area contributed by atoms with Crippen LogP contribution in [-0.2, 0) is 11.0 Å². The molecule has 1 aliphatic heterocycles. The maximum absolute atomic E-state index is 13.2. The number of aromatic nitrogens is 4. The van der Waals surface area contributed by atoms with E-state index in [1.165, 1.54) is 10.6 Å². The standard InChI is InChI=1S/C23H20ClF3N6O/c24-16-7-8-18-17(13-16)21(28-9-3-11-32-10-2-6-19(32)34)29-22-20(30-31-33(18)22)14-4-1-5-15(12-14)23(25,26)27/h1,4-5,7-8,12-13H,2-3,6,9-11H2,(H,28,29). The summed E-state index contributed by atoms with van der Waals surface area (Å²) in [6.45, 7) is 1.98. The molecule has 2 aromatic heterocycles. The second-order valence-electron chi connectivity index (χ2n) is 8.14. The third-order valence-electron chi connectivity index (χ3n) is 5.84. The molecule has 1 N–H and O–H groups in total. The van der Waals surface area contributed by atoms with Crippen molar-refractivity contribution < 1.29 is 18.0 Å². The topological polar surface area (TPSA) is 75.4 Å². The van der Waals surface area contributed by atoms with Gasteiger partial charge in [-0.05, 0) is 43.2 Å². The van der Waals surface area contributed by atoms with E-state index in [4.69, 9.17) is 11.6 Å². The van der Waals surface area contributed by atoms with Crippen LogP contribution < -0.4 is 5.32 Å². The normalized spacial score (nSPS) is 14.5. The van der Waals surface area contributed by atoms with Crippen molar-refractivity contribution in [1.29, 1.82) is 0 Å². The molecule has 1 aliphatic rings. The third kappa shape index (κ3) is 4.25. The first-order valence-corrected chi connectivity index (χ1v) is 11.2. The summed E-state index contributed by atoms with van der Waals surface area (Å²) in [5.41, 5.74) is 0.732. The number of carbonyl (C=O) groups excluding carboxylic acids is 1. The number of benzene rings is 2. The zero-order chi connectivity index (χ0) is 23.9. The van der Waals surface area contributed by atoms with Gasteiger partial charge in [0.05, 0.1) is 11.1 Å². The first-order chi connectivity index (χ1) is 16.3. The van der Waals surface area contributed by atoms with E-state index in [-0.39, 0.29) is 17.2 Å². The van der Waals surface area contributed by atoms with Crippen molar-refractivity contribution in [2.45, 2.75) is 25.4 Å². The van der Waals surface area contributed by atoms with Gasteiger partial charge in [0, 0.05) is 42.0 Å². The predicted octanol–water partition coefficient (Wildman–Crippen LogP) is 5.04. The number of anilines is 1. The molecule has 7 nitrogen and oxygen atoms in total. The first kappa shape index (κ1) is 22.4. The summed E-state index contributed by atoms with van der Waals surface area (Å²) in [5, 5.41) is 12.8. The molecule has 1 fully saturated rings. The van der Waals surface area contributed by atoms with E-state index in [2.05, 4.69) is 20.6 Å². The van der Waals surface area contributed by atoms with E-state index in [9.17, 15) is 18.0 Å². The molecule has 4 aromatic rings. The highest BCUT2D eigenvalue weighted by Crippen LogP contribution is 2.34. The third-order valence-corrected chi connectivity index (χ3v) is 6.07. The van der Waals surface area contributed by atoms with Crippen molar-refractivity contribution in [2.24, 2.45) is 0 Å². The molecule has 34 heavy (non-hydrogen) atoms. The average Bonchev–Trinajstić information content (AvgIpc) is 3.42. The molecular weight excluding hydrogens is 469 g/mol. The van der Waals surface area contributed by atoms with Gasteiger partial charge in [-0.2, -0.15) is 17.7 Å². The Morgan fingerprint density at radius 3 is 2.76 bits per heavy atom. The number of carbonyl (C=O) groups is 1. The van der Waals surface area contributed by atoms with Gasteiger partial charge in [0.2, 0.25) is 5.91 Å². The fourth-order valence-corrected chi connectivity index (χ4v) is 4.34. The molecule has 11 heteroatoms. The Labute approximate surface area is 197 Å². The second-order valence-corrected chi connectivity index (χ2v) is 8.58. The van der Waals surface area contributed by atoms with Gasteiger partial charge >= 0.3 is 6.18 Å². The molecule has 0 spiro atoms. The number of hydrogen-bond acceptors (Lipinski definition) is 5.